The van der Waals surface area contributed by atoms with Gasteiger partial charge in [0, 0.05) is 30.9 Å². The quantitative estimate of drug-likeness (QED) is 0.702. The summed E-state index contributed by atoms with van der Waals surface area (Å²) in [5.41, 5.74) is 0.864. The van der Waals surface area contributed by atoms with Crippen LogP contribution in [-0.4, -0.2) is 39.0 Å². The Morgan fingerprint density at radius 1 is 1.14 bits per heavy atom. The second kappa shape index (κ2) is 8.35. The topological polar surface area (TPSA) is 79.5 Å². The molecule has 0 amide bonds. The summed E-state index contributed by atoms with van der Waals surface area (Å²) in [4.78, 5) is 22.5. The van der Waals surface area contributed by atoms with Gasteiger partial charge in [0.05, 0.1) is 12.1 Å². The maximum absolute atomic E-state index is 11.4. The van der Waals surface area contributed by atoms with Gasteiger partial charge in [0.25, 0.3) is 0 Å². The zero-order valence-corrected chi connectivity index (χ0v) is 15.6. The molecule has 0 spiro atoms. The minimum Gasteiger partial charge on any atom is -0.478 e. The van der Waals surface area contributed by atoms with Crippen LogP contribution in [0.1, 0.15) is 34.8 Å². The SMILES string of the molecule is O=C(O)c1ccccc1-c1ccc(CN2CCC[C@H](Cc3ncccn3)C2)o1. The Morgan fingerprint density at radius 2 is 1.96 bits per heavy atom. The second-order valence-corrected chi connectivity index (χ2v) is 7.23. The molecule has 0 bridgehead atoms. The molecule has 1 N–H and O–H groups in total. The Hall–Kier alpha value is -2.99. The van der Waals surface area contributed by atoms with Crippen molar-refractivity contribution in [3.63, 3.8) is 0 Å². The number of furan rings is 1. The van der Waals surface area contributed by atoms with Gasteiger partial charge in [0.15, 0.2) is 0 Å². The molecule has 4 rings (SSSR count). The van der Waals surface area contributed by atoms with Crippen LogP contribution in [-0.2, 0) is 13.0 Å². The number of likely N-dealkylation sites (tertiary alicyclic amines) is 1. The Bertz CT molecular complexity index is 939. The number of aromatic nitrogens is 2. The average Bonchev–Trinajstić information content (AvgIpc) is 3.17. The fourth-order valence-corrected chi connectivity index (χ4v) is 3.87. The van der Waals surface area contributed by atoms with Crippen molar-refractivity contribution in [1.29, 1.82) is 0 Å². The predicted octanol–water partition coefficient (Wildman–Crippen LogP) is 3.89. The van der Waals surface area contributed by atoms with Crippen molar-refractivity contribution in [3.05, 3.63) is 72.0 Å². The zero-order valence-electron chi connectivity index (χ0n) is 15.6. The summed E-state index contributed by atoms with van der Waals surface area (Å²) < 4.78 is 5.99. The number of carboxylic acids is 1. The van der Waals surface area contributed by atoms with Gasteiger partial charge in [0.1, 0.15) is 17.3 Å². The third-order valence-electron chi connectivity index (χ3n) is 5.16. The molecule has 144 valence electrons. The van der Waals surface area contributed by atoms with Gasteiger partial charge in [-0.2, -0.15) is 0 Å². The first-order chi connectivity index (χ1) is 13.7. The van der Waals surface area contributed by atoms with Crippen LogP contribution in [0.15, 0.2) is 59.3 Å². The van der Waals surface area contributed by atoms with E-state index in [1.165, 1.54) is 6.42 Å². The number of carbonyl (C=O) groups is 1. The highest BCUT2D eigenvalue weighted by Crippen LogP contribution is 2.27. The van der Waals surface area contributed by atoms with E-state index in [0.29, 0.717) is 17.2 Å². The number of piperidine rings is 1. The molecule has 0 radical (unpaired) electrons. The first-order valence-electron chi connectivity index (χ1n) is 9.58. The van der Waals surface area contributed by atoms with Crippen molar-refractivity contribution >= 4 is 5.97 Å². The molecule has 0 saturated carbocycles. The smallest absolute Gasteiger partial charge is 0.336 e. The van der Waals surface area contributed by atoms with Crippen LogP contribution in [0.25, 0.3) is 11.3 Å². The van der Waals surface area contributed by atoms with E-state index < -0.39 is 5.97 Å². The number of carboxylic acid groups (broad SMARTS) is 1. The Balaban J connectivity index is 1.42. The van der Waals surface area contributed by atoms with Gasteiger partial charge >= 0.3 is 5.97 Å². The van der Waals surface area contributed by atoms with E-state index in [-0.39, 0.29) is 5.56 Å². The largest absolute Gasteiger partial charge is 0.478 e. The first kappa shape index (κ1) is 18.4. The predicted molar refractivity (Wildman–Crippen MR) is 105 cm³/mol. The lowest BCUT2D eigenvalue weighted by molar-refractivity contribution is 0.0697. The fourth-order valence-electron chi connectivity index (χ4n) is 3.87. The van der Waals surface area contributed by atoms with Crippen LogP contribution in [0.3, 0.4) is 0 Å². The lowest BCUT2D eigenvalue weighted by Gasteiger charge is -2.31. The van der Waals surface area contributed by atoms with E-state index in [2.05, 4.69) is 14.9 Å². The Morgan fingerprint density at radius 3 is 2.79 bits per heavy atom. The molecule has 1 aliphatic heterocycles. The normalized spacial score (nSPS) is 17.5. The lowest BCUT2D eigenvalue weighted by Crippen LogP contribution is -2.35. The van der Waals surface area contributed by atoms with Crippen molar-refractivity contribution < 1.29 is 14.3 Å². The minimum absolute atomic E-state index is 0.254. The number of benzene rings is 1. The third-order valence-corrected chi connectivity index (χ3v) is 5.16. The molecule has 1 saturated heterocycles. The van der Waals surface area contributed by atoms with Gasteiger partial charge in [-0.15, -0.1) is 0 Å². The Labute approximate surface area is 163 Å². The summed E-state index contributed by atoms with van der Waals surface area (Å²) >= 11 is 0. The van der Waals surface area contributed by atoms with Crippen molar-refractivity contribution in [2.45, 2.75) is 25.8 Å². The number of hydrogen-bond donors (Lipinski definition) is 1. The molecule has 3 aromatic rings. The lowest BCUT2D eigenvalue weighted by atomic mass is 9.94. The third kappa shape index (κ3) is 4.28. The highest BCUT2D eigenvalue weighted by molar-refractivity contribution is 5.95. The summed E-state index contributed by atoms with van der Waals surface area (Å²) in [5.74, 6) is 1.94. The maximum atomic E-state index is 11.4. The van der Waals surface area contributed by atoms with Crippen LogP contribution in [0.4, 0.5) is 0 Å². The summed E-state index contributed by atoms with van der Waals surface area (Å²) in [6.45, 7) is 2.75. The van der Waals surface area contributed by atoms with Crippen molar-refractivity contribution in [1.82, 2.24) is 14.9 Å². The molecule has 6 nitrogen and oxygen atoms in total. The van der Waals surface area contributed by atoms with E-state index in [0.717, 1.165) is 44.1 Å². The number of hydrogen-bond acceptors (Lipinski definition) is 5. The summed E-state index contributed by atoms with van der Waals surface area (Å²) in [6, 6.07) is 12.6. The first-order valence-corrected chi connectivity index (χ1v) is 9.58. The zero-order chi connectivity index (χ0) is 19.3. The molecule has 0 unspecified atom stereocenters. The summed E-state index contributed by atoms with van der Waals surface area (Å²) in [6.07, 6.45) is 6.81. The molecule has 6 heteroatoms. The minimum atomic E-state index is -0.949. The van der Waals surface area contributed by atoms with Crippen LogP contribution in [0.5, 0.6) is 0 Å². The van der Waals surface area contributed by atoms with Gasteiger partial charge in [-0.1, -0.05) is 18.2 Å². The molecule has 28 heavy (non-hydrogen) atoms. The van der Waals surface area contributed by atoms with E-state index in [1.807, 2.05) is 24.3 Å². The summed E-state index contributed by atoms with van der Waals surface area (Å²) in [5, 5.41) is 9.38. The summed E-state index contributed by atoms with van der Waals surface area (Å²) in [7, 11) is 0. The van der Waals surface area contributed by atoms with Crippen LogP contribution in [0.2, 0.25) is 0 Å². The molecule has 1 aromatic carbocycles. The van der Waals surface area contributed by atoms with Crippen LogP contribution >= 0.6 is 0 Å². The van der Waals surface area contributed by atoms with E-state index in [9.17, 15) is 9.90 Å². The van der Waals surface area contributed by atoms with Crippen molar-refractivity contribution in [2.24, 2.45) is 5.92 Å². The van der Waals surface area contributed by atoms with E-state index in [1.54, 1.807) is 30.6 Å². The highest BCUT2D eigenvalue weighted by Gasteiger charge is 2.22. The van der Waals surface area contributed by atoms with Gasteiger partial charge in [-0.3, -0.25) is 4.90 Å². The standard InChI is InChI=1S/C22H23N3O3/c26-22(27)19-7-2-1-6-18(19)20-9-8-17(28-20)15-25-12-3-5-16(14-25)13-21-23-10-4-11-24-21/h1-2,4,6-11,16H,3,5,12-15H2,(H,26,27)/t16-/m1/s1. The average molecular weight is 377 g/mol. The Kier molecular flexibility index (Phi) is 5.48. The van der Waals surface area contributed by atoms with Gasteiger partial charge in [-0.05, 0) is 49.6 Å². The second-order valence-electron chi connectivity index (χ2n) is 7.23. The number of rotatable bonds is 6. The maximum Gasteiger partial charge on any atom is 0.336 e. The van der Waals surface area contributed by atoms with E-state index in [4.69, 9.17) is 4.42 Å². The molecule has 3 heterocycles. The van der Waals surface area contributed by atoms with Crippen LogP contribution < -0.4 is 0 Å². The van der Waals surface area contributed by atoms with Gasteiger partial charge in [0.2, 0.25) is 0 Å². The number of nitrogens with zero attached hydrogens (tertiary/aromatic N) is 3. The molecule has 1 atom stereocenters. The number of aromatic carboxylic acids is 1. The molecule has 0 aliphatic carbocycles. The van der Waals surface area contributed by atoms with E-state index >= 15 is 0 Å². The highest BCUT2D eigenvalue weighted by atomic mass is 16.4. The van der Waals surface area contributed by atoms with Crippen molar-refractivity contribution in [3.8, 4) is 11.3 Å². The molecular formula is C22H23N3O3. The molecule has 1 aliphatic rings. The fraction of sp³-hybridized carbons (Fsp3) is 0.318. The molecule has 2 aromatic heterocycles. The van der Waals surface area contributed by atoms with Gasteiger partial charge < -0.3 is 9.52 Å². The molecule has 1 fully saturated rings. The van der Waals surface area contributed by atoms with Crippen molar-refractivity contribution in [2.75, 3.05) is 13.1 Å². The van der Waals surface area contributed by atoms with Gasteiger partial charge in [-0.25, -0.2) is 14.8 Å². The monoisotopic (exact) mass is 377 g/mol. The van der Waals surface area contributed by atoms with Crippen LogP contribution in [0, 0.1) is 5.92 Å². The molecular weight excluding hydrogens is 354 g/mol.